The van der Waals surface area contributed by atoms with Gasteiger partial charge >= 0.3 is 0 Å². The Morgan fingerprint density at radius 2 is 2.38 bits per heavy atom. The minimum Gasteiger partial charge on any atom is -0.491 e. The van der Waals surface area contributed by atoms with Crippen LogP contribution in [0.4, 0.5) is 11.4 Å². The first-order chi connectivity index (χ1) is 6.40. The minimum atomic E-state index is 0.804. The Labute approximate surface area is 78.1 Å². The molecule has 1 aromatic carbocycles. The van der Waals surface area contributed by atoms with Crippen molar-refractivity contribution in [2.45, 2.75) is 6.42 Å². The van der Waals surface area contributed by atoms with E-state index in [9.17, 15) is 0 Å². The van der Waals surface area contributed by atoms with Gasteiger partial charge in [-0.3, -0.25) is 0 Å². The Bertz CT molecular complexity index is 299. The quantitative estimate of drug-likeness (QED) is 0.689. The molecule has 3 nitrogen and oxygen atoms in total. The SMILES string of the molecule is CNc1ccc2c(c1)NCCCO2. The number of fused-ring (bicyclic) bond motifs is 1. The van der Waals surface area contributed by atoms with E-state index in [0.717, 1.165) is 36.7 Å². The second kappa shape index (κ2) is 3.56. The molecule has 0 saturated heterocycles. The molecule has 70 valence electrons. The van der Waals surface area contributed by atoms with Gasteiger partial charge in [0.1, 0.15) is 5.75 Å². The molecule has 0 bridgehead atoms. The molecule has 0 atom stereocenters. The Morgan fingerprint density at radius 1 is 1.46 bits per heavy atom. The molecule has 0 unspecified atom stereocenters. The molecule has 0 amide bonds. The third kappa shape index (κ3) is 1.69. The van der Waals surface area contributed by atoms with Gasteiger partial charge in [0, 0.05) is 19.3 Å². The van der Waals surface area contributed by atoms with Gasteiger partial charge in [-0.05, 0) is 24.6 Å². The molecule has 0 saturated carbocycles. The second-order valence-corrected chi connectivity index (χ2v) is 3.09. The average Bonchev–Trinajstić information content (AvgIpc) is 2.41. The van der Waals surface area contributed by atoms with Crippen molar-refractivity contribution >= 4 is 11.4 Å². The molecule has 3 heteroatoms. The van der Waals surface area contributed by atoms with E-state index in [0.29, 0.717) is 0 Å². The van der Waals surface area contributed by atoms with E-state index in [-0.39, 0.29) is 0 Å². The molecule has 0 aliphatic carbocycles. The number of ether oxygens (including phenoxy) is 1. The predicted octanol–water partition coefficient (Wildman–Crippen LogP) is 1.92. The first-order valence-electron chi connectivity index (χ1n) is 4.58. The predicted molar refractivity (Wildman–Crippen MR) is 54.6 cm³/mol. The number of hydrogen-bond donors (Lipinski definition) is 2. The van der Waals surface area contributed by atoms with E-state index in [1.54, 1.807) is 0 Å². The topological polar surface area (TPSA) is 33.3 Å². The van der Waals surface area contributed by atoms with E-state index in [1.807, 2.05) is 19.2 Å². The normalized spacial score (nSPS) is 14.8. The van der Waals surface area contributed by atoms with Crippen LogP contribution in [0.1, 0.15) is 6.42 Å². The lowest BCUT2D eigenvalue weighted by molar-refractivity contribution is 0.323. The van der Waals surface area contributed by atoms with E-state index >= 15 is 0 Å². The van der Waals surface area contributed by atoms with Gasteiger partial charge in [0.05, 0.1) is 12.3 Å². The number of benzene rings is 1. The Morgan fingerprint density at radius 3 is 3.23 bits per heavy atom. The fourth-order valence-electron chi connectivity index (χ4n) is 1.43. The second-order valence-electron chi connectivity index (χ2n) is 3.09. The van der Waals surface area contributed by atoms with Crippen LogP contribution in [0.5, 0.6) is 5.75 Å². The molecule has 0 radical (unpaired) electrons. The van der Waals surface area contributed by atoms with Crippen molar-refractivity contribution < 1.29 is 4.74 Å². The number of rotatable bonds is 1. The summed E-state index contributed by atoms with van der Waals surface area (Å²) in [6.45, 7) is 1.79. The molecule has 0 fully saturated rings. The molecule has 2 N–H and O–H groups in total. The van der Waals surface area contributed by atoms with Crippen molar-refractivity contribution in [2.75, 3.05) is 30.8 Å². The summed E-state index contributed by atoms with van der Waals surface area (Å²) in [6, 6.07) is 6.09. The van der Waals surface area contributed by atoms with Crippen molar-refractivity contribution in [3.05, 3.63) is 18.2 Å². The fourth-order valence-corrected chi connectivity index (χ4v) is 1.43. The first-order valence-corrected chi connectivity index (χ1v) is 4.58. The van der Waals surface area contributed by atoms with Gasteiger partial charge < -0.3 is 15.4 Å². The van der Waals surface area contributed by atoms with Gasteiger partial charge in [-0.25, -0.2) is 0 Å². The van der Waals surface area contributed by atoms with Gasteiger partial charge in [-0.15, -0.1) is 0 Å². The highest BCUT2D eigenvalue weighted by atomic mass is 16.5. The fraction of sp³-hybridized carbons (Fsp3) is 0.400. The van der Waals surface area contributed by atoms with Crippen LogP contribution in [-0.4, -0.2) is 20.2 Å². The van der Waals surface area contributed by atoms with Gasteiger partial charge in [0.2, 0.25) is 0 Å². The molecule has 0 aromatic heterocycles. The molecule has 1 aliphatic rings. The highest BCUT2D eigenvalue weighted by molar-refractivity contribution is 5.65. The molecule has 13 heavy (non-hydrogen) atoms. The van der Waals surface area contributed by atoms with Gasteiger partial charge in [-0.1, -0.05) is 0 Å². The summed E-state index contributed by atoms with van der Waals surface area (Å²) in [5.74, 6) is 0.955. The minimum absolute atomic E-state index is 0.804. The van der Waals surface area contributed by atoms with Crippen molar-refractivity contribution in [3.8, 4) is 5.75 Å². The number of anilines is 2. The van der Waals surface area contributed by atoms with Crippen molar-refractivity contribution in [1.82, 2.24) is 0 Å². The van der Waals surface area contributed by atoms with E-state index in [2.05, 4.69) is 16.7 Å². The van der Waals surface area contributed by atoms with Gasteiger partial charge in [-0.2, -0.15) is 0 Å². The molecule has 1 aromatic rings. The maximum Gasteiger partial charge on any atom is 0.142 e. The zero-order chi connectivity index (χ0) is 9.10. The summed E-state index contributed by atoms with van der Waals surface area (Å²) < 4.78 is 5.56. The third-order valence-corrected chi connectivity index (χ3v) is 2.16. The highest BCUT2D eigenvalue weighted by Gasteiger charge is 2.07. The Balaban J connectivity index is 2.32. The van der Waals surface area contributed by atoms with Crippen LogP contribution in [-0.2, 0) is 0 Å². The lowest BCUT2D eigenvalue weighted by Gasteiger charge is -2.09. The molecule has 1 aliphatic heterocycles. The van der Waals surface area contributed by atoms with Crippen molar-refractivity contribution in [2.24, 2.45) is 0 Å². The monoisotopic (exact) mass is 178 g/mol. The maximum atomic E-state index is 5.56. The summed E-state index contributed by atoms with van der Waals surface area (Å²) in [4.78, 5) is 0. The largest absolute Gasteiger partial charge is 0.491 e. The first kappa shape index (κ1) is 8.23. The van der Waals surface area contributed by atoms with Crippen LogP contribution in [0.2, 0.25) is 0 Å². The lowest BCUT2D eigenvalue weighted by Crippen LogP contribution is -2.00. The van der Waals surface area contributed by atoms with E-state index < -0.39 is 0 Å². The van der Waals surface area contributed by atoms with Crippen LogP contribution in [0.3, 0.4) is 0 Å². The highest BCUT2D eigenvalue weighted by Crippen LogP contribution is 2.29. The standard InChI is InChI=1S/C10H14N2O/c1-11-8-3-4-10-9(7-8)12-5-2-6-13-10/h3-4,7,11-12H,2,5-6H2,1H3. The zero-order valence-corrected chi connectivity index (χ0v) is 7.76. The summed E-state index contributed by atoms with van der Waals surface area (Å²) in [6.07, 6.45) is 1.06. The van der Waals surface area contributed by atoms with Gasteiger partial charge in [0.25, 0.3) is 0 Å². The summed E-state index contributed by atoms with van der Waals surface area (Å²) in [7, 11) is 1.92. The summed E-state index contributed by atoms with van der Waals surface area (Å²) >= 11 is 0. The van der Waals surface area contributed by atoms with Crippen LogP contribution in [0.25, 0.3) is 0 Å². The smallest absolute Gasteiger partial charge is 0.142 e. The van der Waals surface area contributed by atoms with Crippen molar-refractivity contribution in [1.29, 1.82) is 0 Å². The summed E-state index contributed by atoms with van der Waals surface area (Å²) in [5, 5.41) is 6.44. The van der Waals surface area contributed by atoms with Crippen LogP contribution < -0.4 is 15.4 Å². The average molecular weight is 178 g/mol. The number of nitrogens with one attached hydrogen (secondary N) is 2. The van der Waals surface area contributed by atoms with Crippen LogP contribution in [0, 0.1) is 0 Å². The van der Waals surface area contributed by atoms with Crippen molar-refractivity contribution in [3.63, 3.8) is 0 Å². The molecule has 2 rings (SSSR count). The lowest BCUT2D eigenvalue weighted by atomic mass is 10.2. The Kier molecular flexibility index (Phi) is 2.25. The molecular formula is C10H14N2O. The van der Waals surface area contributed by atoms with Gasteiger partial charge in [0.15, 0.2) is 0 Å². The molecule has 1 heterocycles. The summed E-state index contributed by atoms with van der Waals surface area (Å²) in [5.41, 5.74) is 2.20. The third-order valence-electron chi connectivity index (χ3n) is 2.16. The van der Waals surface area contributed by atoms with E-state index in [4.69, 9.17) is 4.74 Å². The maximum absolute atomic E-state index is 5.56. The van der Waals surface area contributed by atoms with Crippen LogP contribution >= 0.6 is 0 Å². The molecule has 0 spiro atoms. The zero-order valence-electron chi connectivity index (χ0n) is 7.76. The number of hydrogen-bond acceptors (Lipinski definition) is 3. The van der Waals surface area contributed by atoms with E-state index in [1.165, 1.54) is 0 Å². The Hall–Kier alpha value is -1.38. The van der Waals surface area contributed by atoms with Crippen LogP contribution in [0.15, 0.2) is 18.2 Å². The molecular weight excluding hydrogens is 164 g/mol.